The molecule has 1 amide bonds. The normalized spacial score (nSPS) is 15.3. The predicted octanol–water partition coefficient (Wildman–Crippen LogP) is 2.57. The van der Waals surface area contributed by atoms with Gasteiger partial charge in [0, 0.05) is 25.0 Å². The Bertz CT molecular complexity index is 802. The van der Waals surface area contributed by atoms with E-state index in [0.717, 1.165) is 17.3 Å². The molecule has 0 radical (unpaired) electrons. The van der Waals surface area contributed by atoms with Gasteiger partial charge in [-0.15, -0.1) is 10.2 Å². The molecule has 0 aliphatic heterocycles. The lowest BCUT2D eigenvalue weighted by Crippen LogP contribution is -2.12. The van der Waals surface area contributed by atoms with E-state index < -0.39 is 0 Å². The molecular weight excluding hydrogens is 312 g/mol. The zero-order valence-corrected chi connectivity index (χ0v) is 13.3. The van der Waals surface area contributed by atoms with Gasteiger partial charge in [0.25, 0.3) is 5.91 Å². The third-order valence-electron chi connectivity index (χ3n) is 4.09. The van der Waals surface area contributed by atoms with Crippen LogP contribution in [0.25, 0.3) is 5.78 Å². The van der Waals surface area contributed by atoms with E-state index in [4.69, 9.17) is 0 Å². The number of amides is 1. The van der Waals surface area contributed by atoms with Crippen LogP contribution in [-0.2, 0) is 6.42 Å². The van der Waals surface area contributed by atoms with Gasteiger partial charge in [-0.05, 0) is 12.0 Å². The minimum Gasteiger partial charge on any atom is -0.295 e. The standard InChI is InChI=1S/C15H16N6OS/c22-13(11-9-21-7-3-6-16-14(21)17-11)18-15-20-19-12(23-15)8-10-4-1-2-5-10/h3,6-7,9-10H,1-2,4-5,8H2,(H,18,20,22). The van der Waals surface area contributed by atoms with Crippen LogP contribution in [-0.4, -0.2) is 30.5 Å². The van der Waals surface area contributed by atoms with Crippen LogP contribution in [0, 0.1) is 5.92 Å². The van der Waals surface area contributed by atoms with E-state index in [0.29, 0.717) is 16.6 Å². The lowest BCUT2D eigenvalue weighted by molar-refractivity contribution is 0.102. The van der Waals surface area contributed by atoms with Gasteiger partial charge < -0.3 is 0 Å². The first-order chi connectivity index (χ1) is 11.3. The summed E-state index contributed by atoms with van der Waals surface area (Å²) in [7, 11) is 0. The lowest BCUT2D eigenvalue weighted by atomic mass is 10.1. The molecular formula is C15H16N6OS. The Morgan fingerprint density at radius 3 is 3.04 bits per heavy atom. The van der Waals surface area contributed by atoms with Crippen molar-refractivity contribution in [2.45, 2.75) is 32.1 Å². The summed E-state index contributed by atoms with van der Waals surface area (Å²) in [6.45, 7) is 0. The highest BCUT2D eigenvalue weighted by atomic mass is 32.1. The highest BCUT2D eigenvalue weighted by Gasteiger charge is 2.19. The molecule has 1 aliphatic rings. The first-order valence-electron chi connectivity index (χ1n) is 7.71. The minimum atomic E-state index is -0.293. The van der Waals surface area contributed by atoms with E-state index in [1.165, 1.54) is 37.0 Å². The highest BCUT2D eigenvalue weighted by Crippen LogP contribution is 2.29. The van der Waals surface area contributed by atoms with Gasteiger partial charge in [-0.3, -0.25) is 14.5 Å². The fraction of sp³-hybridized carbons (Fsp3) is 0.400. The van der Waals surface area contributed by atoms with E-state index in [1.807, 2.05) is 0 Å². The average Bonchev–Trinajstić information content (AvgIpc) is 3.28. The van der Waals surface area contributed by atoms with E-state index in [1.54, 1.807) is 29.1 Å². The van der Waals surface area contributed by atoms with Crippen molar-refractivity contribution in [3.8, 4) is 0 Å². The molecule has 3 aromatic heterocycles. The molecule has 0 bridgehead atoms. The topological polar surface area (TPSA) is 85.1 Å². The Balaban J connectivity index is 1.44. The summed E-state index contributed by atoms with van der Waals surface area (Å²) in [6, 6.07) is 1.79. The molecule has 1 fully saturated rings. The van der Waals surface area contributed by atoms with Crippen molar-refractivity contribution in [2.24, 2.45) is 5.92 Å². The van der Waals surface area contributed by atoms with E-state index in [2.05, 4.69) is 25.5 Å². The van der Waals surface area contributed by atoms with Crippen LogP contribution < -0.4 is 5.32 Å². The SMILES string of the molecule is O=C(Nc1nnc(CC2CCCC2)s1)c1cn2cccnc2n1. The summed E-state index contributed by atoms with van der Waals surface area (Å²) < 4.78 is 1.71. The van der Waals surface area contributed by atoms with Crippen LogP contribution in [0.3, 0.4) is 0 Å². The number of aromatic nitrogens is 5. The number of carbonyl (C=O) groups is 1. The van der Waals surface area contributed by atoms with Gasteiger partial charge in [0.15, 0.2) is 0 Å². The minimum absolute atomic E-state index is 0.293. The predicted molar refractivity (Wildman–Crippen MR) is 86.5 cm³/mol. The summed E-state index contributed by atoms with van der Waals surface area (Å²) in [5.41, 5.74) is 0.316. The van der Waals surface area contributed by atoms with Gasteiger partial charge >= 0.3 is 0 Å². The lowest BCUT2D eigenvalue weighted by Gasteiger charge is -2.03. The van der Waals surface area contributed by atoms with E-state index in [9.17, 15) is 4.79 Å². The Morgan fingerprint density at radius 1 is 1.35 bits per heavy atom. The Labute approximate surface area is 136 Å². The fourth-order valence-corrected chi connectivity index (χ4v) is 3.80. The van der Waals surface area contributed by atoms with Crippen LogP contribution in [0.4, 0.5) is 5.13 Å². The first-order valence-corrected chi connectivity index (χ1v) is 8.53. The number of fused-ring (bicyclic) bond motifs is 1. The monoisotopic (exact) mass is 328 g/mol. The fourth-order valence-electron chi connectivity index (χ4n) is 2.95. The molecule has 23 heavy (non-hydrogen) atoms. The van der Waals surface area contributed by atoms with Crippen LogP contribution in [0.15, 0.2) is 24.7 Å². The molecule has 118 valence electrons. The van der Waals surface area contributed by atoms with Crippen molar-refractivity contribution in [1.82, 2.24) is 24.6 Å². The average molecular weight is 328 g/mol. The van der Waals surface area contributed by atoms with Crippen molar-refractivity contribution in [3.05, 3.63) is 35.4 Å². The maximum atomic E-state index is 12.3. The number of hydrogen-bond donors (Lipinski definition) is 1. The van der Waals surface area contributed by atoms with Crippen LogP contribution in [0.2, 0.25) is 0 Å². The number of carbonyl (C=O) groups excluding carboxylic acids is 1. The van der Waals surface area contributed by atoms with Crippen LogP contribution >= 0.6 is 11.3 Å². The second kappa shape index (κ2) is 6.04. The Hall–Kier alpha value is -2.35. The first kappa shape index (κ1) is 14.3. The molecule has 0 atom stereocenters. The van der Waals surface area contributed by atoms with Gasteiger partial charge in [-0.1, -0.05) is 37.0 Å². The quantitative estimate of drug-likeness (QED) is 0.795. The van der Waals surface area contributed by atoms with E-state index in [-0.39, 0.29) is 5.91 Å². The second-order valence-electron chi connectivity index (χ2n) is 5.76. The molecule has 8 heteroatoms. The third kappa shape index (κ3) is 3.07. The smallest absolute Gasteiger partial charge is 0.277 e. The maximum absolute atomic E-state index is 12.3. The molecule has 1 aliphatic carbocycles. The number of nitrogens with zero attached hydrogens (tertiary/aromatic N) is 5. The molecule has 1 N–H and O–H groups in total. The molecule has 0 aromatic carbocycles. The van der Waals surface area contributed by atoms with E-state index >= 15 is 0 Å². The second-order valence-corrected chi connectivity index (χ2v) is 6.82. The molecule has 0 saturated heterocycles. The molecule has 4 rings (SSSR count). The number of hydrogen-bond acceptors (Lipinski definition) is 6. The van der Waals surface area contributed by atoms with Gasteiger partial charge in [0.2, 0.25) is 10.9 Å². The molecule has 3 aromatic rings. The summed E-state index contributed by atoms with van der Waals surface area (Å²) in [6.07, 6.45) is 11.2. The summed E-state index contributed by atoms with van der Waals surface area (Å²) in [5.74, 6) is 0.923. The van der Waals surface area contributed by atoms with Crippen LogP contribution in [0.5, 0.6) is 0 Å². The van der Waals surface area contributed by atoms with Crippen molar-refractivity contribution in [3.63, 3.8) is 0 Å². The van der Waals surface area contributed by atoms with Crippen LogP contribution in [0.1, 0.15) is 41.2 Å². The third-order valence-corrected chi connectivity index (χ3v) is 4.95. The van der Waals surface area contributed by atoms with Gasteiger partial charge in [-0.2, -0.15) is 0 Å². The number of nitrogens with one attached hydrogen (secondary N) is 1. The van der Waals surface area contributed by atoms with Crippen molar-refractivity contribution in [2.75, 3.05) is 5.32 Å². The highest BCUT2D eigenvalue weighted by molar-refractivity contribution is 7.15. The van der Waals surface area contributed by atoms with Gasteiger partial charge in [0.1, 0.15) is 10.7 Å². The van der Waals surface area contributed by atoms with Crippen molar-refractivity contribution < 1.29 is 4.79 Å². The zero-order chi connectivity index (χ0) is 15.6. The van der Waals surface area contributed by atoms with Crippen molar-refractivity contribution in [1.29, 1.82) is 0 Å². The molecule has 0 spiro atoms. The maximum Gasteiger partial charge on any atom is 0.277 e. The largest absolute Gasteiger partial charge is 0.295 e. The zero-order valence-electron chi connectivity index (χ0n) is 12.5. The molecule has 3 heterocycles. The van der Waals surface area contributed by atoms with Crippen molar-refractivity contribution >= 4 is 28.2 Å². The molecule has 1 saturated carbocycles. The Morgan fingerprint density at radius 2 is 2.22 bits per heavy atom. The summed E-state index contributed by atoms with van der Waals surface area (Å²) in [4.78, 5) is 20.6. The van der Waals surface area contributed by atoms with Gasteiger partial charge in [-0.25, -0.2) is 9.97 Å². The summed E-state index contributed by atoms with van der Waals surface area (Å²) in [5, 5.41) is 12.5. The Kier molecular flexibility index (Phi) is 3.74. The number of rotatable bonds is 4. The number of imidazole rings is 1. The number of anilines is 1. The van der Waals surface area contributed by atoms with Gasteiger partial charge in [0.05, 0.1) is 0 Å². The molecule has 7 nitrogen and oxygen atoms in total. The molecule has 0 unspecified atom stereocenters. The summed E-state index contributed by atoms with van der Waals surface area (Å²) >= 11 is 1.45.